The molecule has 4 atom stereocenters. The van der Waals surface area contributed by atoms with Crippen LogP contribution in [0.5, 0.6) is 0 Å². The Labute approximate surface area is 59.6 Å². The van der Waals surface area contributed by atoms with Crippen LogP contribution >= 0.6 is 0 Å². The van der Waals surface area contributed by atoms with Crippen LogP contribution < -0.4 is 0 Å². The Morgan fingerprint density at radius 3 is 2.70 bits per heavy atom. The van der Waals surface area contributed by atoms with E-state index in [2.05, 4.69) is 0 Å². The van der Waals surface area contributed by atoms with Gasteiger partial charge in [0, 0.05) is 12.3 Å². The van der Waals surface area contributed by atoms with Crippen molar-refractivity contribution >= 4 is 0 Å². The summed E-state index contributed by atoms with van der Waals surface area (Å²) in [5.74, 6) is -0.0579. The quantitative estimate of drug-likeness (QED) is 0.488. The molecular formula is C7H12O3. The molecule has 0 unspecified atom stereocenters. The normalized spacial score (nSPS) is 58.5. The lowest BCUT2D eigenvalue weighted by Crippen LogP contribution is -2.29. The Balaban J connectivity index is 2.14. The van der Waals surface area contributed by atoms with Gasteiger partial charge in [-0.3, -0.25) is 0 Å². The fraction of sp³-hybridized carbons (Fsp3) is 1.00. The van der Waals surface area contributed by atoms with E-state index in [1.165, 1.54) is 0 Å². The number of hydrogen-bond acceptors (Lipinski definition) is 3. The first-order valence-electron chi connectivity index (χ1n) is 3.65. The topological polar surface area (TPSA) is 53.0 Å². The molecule has 0 aromatic heterocycles. The average molecular weight is 144 g/mol. The maximum absolute atomic E-state index is 9.31. The number of hydrogen-bond donors (Lipinski definition) is 2. The first kappa shape index (κ1) is 6.58. The average Bonchev–Trinajstić information content (AvgIpc) is 2.38. The largest absolute Gasteiger partial charge is 0.396 e. The van der Waals surface area contributed by atoms with Crippen molar-refractivity contribution in [3.63, 3.8) is 0 Å². The molecule has 0 amide bonds. The van der Waals surface area contributed by atoms with Crippen LogP contribution in [-0.4, -0.2) is 34.6 Å². The minimum absolute atomic E-state index is 0.0359. The molecule has 10 heavy (non-hydrogen) atoms. The fourth-order valence-electron chi connectivity index (χ4n) is 1.95. The van der Waals surface area contributed by atoms with Crippen molar-refractivity contribution in [3.8, 4) is 0 Å². The van der Waals surface area contributed by atoms with Crippen LogP contribution in [0.4, 0.5) is 0 Å². The smallest absolute Gasteiger partial charge is 0.0996 e. The number of rotatable bonds is 1. The molecule has 1 saturated carbocycles. The second-order valence-electron chi connectivity index (χ2n) is 3.38. The molecule has 3 nitrogen and oxygen atoms in total. The van der Waals surface area contributed by atoms with Gasteiger partial charge in [0.15, 0.2) is 0 Å². The lowest BCUT2D eigenvalue weighted by molar-refractivity contribution is 0.0184. The Morgan fingerprint density at radius 2 is 2.40 bits per heavy atom. The zero-order chi connectivity index (χ0) is 7.35. The summed E-state index contributed by atoms with van der Waals surface area (Å²) in [5, 5.41) is 18.2. The second kappa shape index (κ2) is 1.72. The lowest BCUT2D eigenvalue weighted by atomic mass is 9.96. The van der Waals surface area contributed by atoms with E-state index in [0.717, 1.165) is 0 Å². The third-order valence-electron chi connectivity index (χ3n) is 2.83. The third kappa shape index (κ3) is 0.603. The Hall–Kier alpha value is -0.120. The highest BCUT2D eigenvalue weighted by Gasteiger charge is 2.65. The summed E-state index contributed by atoms with van der Waals surface area (Å²) >= 11 is 0. The maximum Gasteiger partial charge on any atom is 0.0996 e. The molecular weight excluding hydrogens is 132 g/mol. The van der Waals surface area contributed by atoms with Crippen LogP contribution in [0.15, 0.2) is 0 Å². The molecule has 58 valence electrons. The van der Waals surface area contributed by atoms with E-state index in [-0.39, 0.29) is 30.3 Å². The Morgan fingerprint density at radius 1 is 1.70 bits per heavy atom. The van der Waals surface area contributed by atoms with Crippen LogP contribution in [0.3, 0.4) is 0 Å². The van der Waals surface area contributed by atoms with Crippen molar-refractivity contribution in [1.29, 1.82) is 0 Å². The maximum atomic E-state index is 9.31. The summed E-state index contributed by atoms with van der Waals surface area (Å²) in [6.07, 6.45) is 0.551. The summed E-state index contributed by atoms with van der Waals surface area (Å²) < 4.78 is 5.29. The zero-order valence-electron chi connectivity index (χ0n) is 5.95. The number of fused-ring (bicyclic) bond motifs is 1. The van der Waals surface area contributed by atoms with Crippen LogP contribution in [-0.2, 0) is 4.74 Å². The molecule has 1 aliphatic heterocycles. The molecule has 1 aliphatic carbocycles. The van der Waals surface area contributed by atoms with E-state index >= 15 is 0 Å². The minimum Gasteiger partial charge on any atom is -0.396 e. The predicted molar refractivity (Wildman–Crippen MR) is 34.5 cm³/mol. The molecule has 3 heteroatoms. The highest BCUT2D eigenvalue weighted by molar-refractivity contribution is 5.12. The molecule has 2 rings (SSSR count). The van der Waals surface area contributed by atoms with E-state index in [1.54, 1.807) is 0 Å². The van der Waals surface area contributed by atoms with Crippen molar-refractivity contribution < 1.29 is 14.9 Å². The number of ether oxygens (including phenoxy) is 1. The standard InChI is InChI=1S/C7H12O3/c1-7-4(3-8)5(9)2-6(7)10-7/h4-6,8-9H,2-3H2,1H3/t4-,5+,6-,7+/m1/s1. The molecule has 2 fully saturated rings. The van der Waals surface area contributed by atoms with E-state index < -0.39 is 0 Å². The van der Waals surface area contributed by atoms with Crippen molar-refractivity contribution in [2.24, 2.45) is 5.92 Å². The van der Waals surface area contributed by atoms with Gasteiger partial charge in [0.25, 0.3) is 0 Å². The summed E-state index contributed by atoms with van der Waals surface area (Å²) in [6.45, 7) is 1.99. The first-order chi connectivity index (χ1) is 4.68. The van der Waals surface area contributed by atoms with E-state index in [9.17, 15) is 5.11 Å². The summed E-state index contributed by atoms with van der Waals surface area (Å²) in [7, 11) is 0. The van der Waals surface area contributed by atoms with Crippen LogP contribution in [0, 0.1) is 5.92 Å². The van der Waals surface area contributed by atoms with Crippen molar-refractivity contribution in [2.75, 3.05) is 6.61 Å². The fourth-order valence-corrected chi connectivity index (χ4v) is 1.95. The molecule has 0 radical (unpaired) electrons. The molecule has 0 bridgehead atoms. The van der Waals surface area contributed by atoms with Gasteiger partial charge in [-0.2, -0.15) is 0 Å². The zero-order valence-corrected chi connectivity index (χ0v) is 5.95. The molecule has 0 aromatic rings. The summed E-state index contributed by atoms with van der Waals surface area (Å²) in [5.41, 5.74) is -0.200. The number of aliphatic hydroxyl groups is 2. The molecule has 0 aromatic carbocycles. The van der Waals surface area contributed by atoms with Crippen molar-refractivity contribution in [3.05, 3.63) is 0 Å². The SMILES string of the molecule is C[C@@]12O[C@@H]1C[C@H](O)[C@H]2CO. The molecule has 2 aliphatic rings. The minimum atomic E-state index is -0.353. The van der Waals surface area contributed by atoms with E-state index in [4.69, 9.17) is 9.84 Å². The molecule has 2 N–H and O–H groups in total. The Bertz CT molecular complexity index is 159. The van der Waals surface area contributed by atoms with Gasteiger partial charge < -0.3 is 14.9 Å². The first-order valence-corrected chi connectivity index (χ1v) is 3.65. The van der Waals surface area contributed by atoms with E-state index in [0.29, 0.717) is 6.42 Å². The van der Waals surface area contributed by atoms with Gasteiger partial charge >= 0.3 is 0 Å². The number of epoxide rings is 1. The third-order valence-corrected chi connectivity index (χ3v) is 2.83. The van der Waals surface area contributed by atoms with E-state index in [1.807, 2.05) is 6.92 Å². The summed E-state index contributed by atoms with van der Waals surface area (Å²) in [6, 6.07) is 0. The van der Waals surface area contributed by atoms with Crippen molar-refractivity contribution in [2.45, 2.75) is 31.2 Å². The van der Waals surface area contributed by atoms with Gasteiger partial charge in [-0.05, 0) is 6.92 Å². The summed E-state index contributed by atoms with van der Waals surface area (Å²) in [4.78, 5) is 0. The van der Waals surface area contributed by atoms with Gasteiger partial charge in [-0.25, -0.2) is 0 Å². The monoisotopic (exact) mass is 144 g/mol. The highest BCUT2D eigenvalue weighted by Crippen LogP contribution is 2.53. The van der Waals surface area contributed by atoms with Gasteiger partial charge in [-0.15, -0.1) is 0 Å². The van der Waals surface area contributed by atoms with Gasteiger partial charge in [0.05, 0.1) is 24.4 Å². The highest BCUT2D eigenvalue weighted by atomic mass is 16.6. The van der Waals surface area contributed by atoms with Crippen LogP contribution in [0.25, 0.3) is 0 Å². The van der Waals surface area contributed by atoms with Crippen molar-refractivity contribution in [1.82, 2.24) is 0 Å². The molecule has 1 heterocycles. The van der Waals surface area contributed by atoms with Crippen LogP contribution in [0.2, 0.25) is 0 Å². The lowest BCUT2D eigenvalue weighted by Gasteiger charge is -2.17. The molecule has 1 saturated heterocycles. The van der Waals surface area contributed by atoms with Gasteiger partial charge in [0.2, 0.25) is 0 Å². The van der Waals surface area contributed by atoms with Crippen LogP contribution in [0.1, 0.15) is 13.3 Å². The molecule has 0 spiro atoms. The predicted octanol–water partition coefficient (Wildman–Crippen LogP) is -0.483. The van der Waals surface area contributed by atoms with Gasteiger partial charge in [0.1, 0.15) is 0 Å². The second-order valence-corrected chi connectivity index (χ2v) is 3.38. The number of aliphatic hydroxyl groups excluding tert-OH is 2. The van der Waals surface area contributed by atoms with Gasteiger partial charge in [-0.1, -0.05) is 0 Å². The Kier molecular flexibility index (Phi) is 1.14.